The number of hydrogen-bond donors (Lipinski definition) is 3. The maximum absolute atomic E-state index is 15.4. The molecule has 59 heavy (non-hydrogen) atoms. The molecule has 0 spiro atoms. The lowest BCUT2D eigenvalue weighted by Crippen LogP contribution is -2.53. The smallest absolute Gasteiger partial charge is 0.371 e. The van der Waals surface area contributed by atoms with Gasteiger partial charge in [0.05, 0.1) is 11.8 Å². The first-order valence-corrected chi connectivity index (χ1v) is 20.9. The highest BCUT2D eigenvalue weighted by Crippen LogP contribution is 2.39. The lowest BCUT2D eigenvalue weighted by molar-refractivity contribution is -0.142. The van der Waals surface area contributed by atoms with E-state index in [0.717, 1.165) is 47.8 Å². The summed E-state index contributed by atoms with van der Waals surface area (Å²) in [7, 11) is -0.370. The second-order valence-electron chi connectivity index (χ2n) is 15.2. The van der Waals surface area contributed by atoms with E-state index in [4.69, 9.17) is 0 Å². The van der Waals surface area contributed by atoms with E-state index in [0.29, 0.717) is 30.4 Å². The van der Waals surface area contributed by atoms with E-state index >= 15 is 4.39 Å². The maximum atomic E-state index is 15.4. The molecule has 3 amide bonds. The molecule has 1 aromatic carbocycles. The molecule has 0 bridgehead atoms. The minimum Gasteiger partial charge on any atom is -0.371 e. The van der Waals surface area contributed by atoms with Crippen LogP contribution in [0.5, 0.6) is 0 Å². The number of benzene rings is 1. The number of fused-ring (bicyclic) bond motifs is 1. The maximum Gasteiger partial charge on any atom is 0.421 e. The normalized spacial score (nSPS) is 20.5. The second kappa shape index (κ2) is 16.6. The molecule has 2 unspecified atom stereocenters. The molecule has 0 radical (unpaired) electrons. The number of sulfonamides is 1. The molecule has 314 valence electrons. The van der Waals surface area contributed by atoms with Crippen molar-refractivity contribution in [1.29, 1.82) is 0 Å². The van der Waals surface area contributed by atoms with Gasteiger partial charge in [0.2, 0.25) is 27.8 Å². The van der Waals surface area contributed by atoms with Crippen molar-refractivity contribution in [2.75, 3.05) is 66.4 Å². The van der Waals surface area contributed by atoms with Gasteiger partial charge in [0.1, 0.15) is 29.1 Å². The zero-order valence-electron chi connectivity index (χ0n) is 32.6. The number of pyridine rings is 1. The number of imide groups is 1. The topological polar surface area (TPSA) is 173 Å². The molecule has 3 fully saturated rings. The molecule has 20 heteroatoms. The molecule has 7 rings (SSSR count). The molecule has 5 heterocycles. The number of carbonyl (C=O) groups is 3. The number of likely N-dealkylation sites (tertiary alicyclic amines) is 1. The molecule has 3 saturated heterocycles. The number of nitrogens with zero attached hydrogens (tertiary/aromatic N) is 7. The van der Waals surface area contributed by atoms with Gasteiger partial charge in [-0.1, -0.05) is 11.6 Å². The Balaban J connectivity index is 0.930. The molecule has 0 saturated carbocycles. The minimum atomic E-state index is -4.76. The van der Waals surface area contributed by atoms with Crippen LogP contribution in [0.2, 0.25) is 0 Å². The third-order valence-corrected chi connectivity index (χ3v) is 12.4. The molecule has 3 aliphatic heterocycles. The fourth-order valence-corrected chi connectivity index (χ4v) is 8.55. The summed E-state index contributed by atoms with van der Waals surface area (Å²) in [4.78, 5) is 55.1. The molecule has 15 nitrogen and oxygen atoms in total. The Morgan fingerprint density at radius 3 is 2.42 bits per heavy atom. The number of allylic oxidation sites excluding steroid dienone is 2. The number of halogens is 4. The van der Waals surface area contributed by atoms with Crippen molar-refractivity contribution in [2.45, 2.75) is 56.9 Å². The molecule has 3 N–H and O–H groups in total. The third kappa shape index (κ3) is 9.17. The van der Waals surface area contributed by atoms with Crippen LogP contribution in [0.15, 0.2) is 71.8 Å². The summed E-state index contributed by atoms with van der Waals surface area (Å²) < 4.78 is 82.4. The number of carbonyl (C=O) groups excluding carboxylic acids is 3. The van der Waals surface area contributed by atoms with Crippen molar-refractivity contribution in [3.05, 3.63) is 83.0 Å². The van der Waals surface area contributed by atoms with E-state index in [-0.39, 0.29) is 61.1 Å². The standard InChI is InChI=1S/C39H44F4N10O5S/c1-50(21-23-17-25-22-53(37(56)33(25)30(40)18-23)31-10-11-32(54)48-36(31)55)27-12-15-52(16-13-27)28-8-6-26(7-9-28)47-38-46-20-29(39(41,42)43)34(49-38)45-19-24-5-4-14-44-35(24)51(2)59(3,57)58/h4-9,14,18,20,25,27,31H,10-13,15-17,19,21-22H2,1-3H3,(H,48,54,55)(H2,45,46,47,49). The highest BCUT2D eigenvalue weighted by atomic mass is 32.2. The van der Waals surface area contributed by atoms with Crippen LogP contribution in [0.25, 0.3) is 0 Å². The van der Waals surface area contributed by atoms with Gasteiger partial charge in [0.25, 0.3) is 5.91 Å². The fraction of sp³-hybridized carbons (Fsp3) is 0.436. The van der Waals surface area contributed by atoms with Crippen LogP contribution in [0, 0.1) is 5.92 Å². The Bertz CT molecular complexity index is 2300. The largest absolute Gasteiger partial charge is 0.421 e. The van der Waals surface area contributed by atoms with Crippen molar-refractivity contribution in [2.24, 2.45) is 5.92 Å². The van der Waals surface area contributed by atoms with Crippen LogP contribution in [0.1, 0.15) is 43.2 Å². The van der Waals surface area contributed by atoms with Crippen LogP contribution in [-0.2, 0) is 37.1 Å². The van der Waals surface area contributed by atoms with Crippen LogP contribution in [0.4, 0.5) is 46.5 Å². The first-order chi connectivity index (χ1) is 28.0. The summed E-state index contributed by atoms with van der Waals surface area (Å²) in [6, 6.07) is 9.93. The zero-order valence-corrected chi connectivity index (χ0v) is 33.4. The van der Waals surface area contributed by atoms with Crippen molar-refractivity contribution in [1.82, 2.24) is 30.1 Å². The Kier molecular flexibility index (Phi) is 11.7. The Morgan fingerprint density at radius 1 is 1.02 bits per heavy atom. The van der Waals surface area contributed by atoms with E-state index in [1.807, 2.05) is 19.2 Å². The van der Waals surface area contributed by atoms with Gasteiger partial charge in [-0.05, 0) is 69.1 Å². The number of hydrogen-bond acceptors (Lipinski definition) is 12. The number of rotatable bonds is 12. The zero-order chi connectivity index (χ0) is 42.2. The summed E-state index contributed by atoms with van der Waals surface area (Å²) in [5, 5.41) is 7.93. The number of piperidine rings is 2. The monoisotopic (exact) mass is 840 g/mol. The van der Waals surface area contributed by atoms with Gasteiger partial charge in [-0.15, -0.1) is 0 Å². The summed E-state index contributed by atoms with van der Waals surface area (Å²) in [5.41, 5.74) is 1.74. The molecule has 4 aliphatic rings. The molecule has 1 aliphatic carbocycles. The lowest BCUT2D eigenvalue weighted by Gasteiger charge is -2.38. The first kappa shape index (κ1) is 41.5. The fourth-order valence-electron chi connectivity index (χ4n) is 8.07. The van der Waals surface area contributed by atoms with E-state index in [1.54, 1.807) is 24.3 Å². The minimum absolute atomic E-state index is 0.0658. The van der Waals surface area contributed by atoms with Crippen molar-refractivity contribution >= 4 is 56.7 Å². The summed E-state index contributed by atoms with van der Waals surface area (Å²) in [6.45, 7) is 2.08. The number of alkyl halides is 3. The van der Waals surface area contributed by atoms with E-state index < -0.39 is 51.3 Å². The Labute approximate surface area is 338 Å². The highest BCUT2D eigenvalue weighted by molar-refractivity contribution is 7.92. The van der Waals surface area contributed by atoms with E-state index in [9.17, 15) is 36.0 Å². The molecule has 2 aromatic heterocycles. The summed E-state index contributed by atoms with van der Waals surface area (Å²) in [5.74, 6) is -2.79. The van der Waals surface area contributed by atoms with Crippen LogP contribution < -0.4 is 25.2 Å². The van der Waals surface area contributed by atoms with E-state index in [1.165, 1.54) is 24.2 Å². The molecular formula is C39H44F4N10O5S. The number of anilines is 5. The molecule has 2 atom stereocenters. The average molecular weight is 841 g/mol. The average Bonchev–Trinajstić information content (AvgIpc) is 3.52. The molecule has 3 aromatic rings. The number of likely N-dealkylation sites (N-methyl/N-ethyl adjacent to an activating group) is 1. The second-order valence-corrected chi connectivity index (χ2v) is 17.2. The van der Waals surface area contributed by atoms with Gasteiger partial charge in [-0.25, -0.2) is 22.8 Å². The molecular weight excluding hydrogens is 797 g/mol. The van der Waals surface area contributed by atoms with Crippen molar-refractivity contribution in [3.8, 4) is 0 Å². The van der Waals surface area contributed by atoms with Gasteiger partial charge in [-0.3, -0.25) is 28.9 Å². The van der Waals surface area contributed by atoms with Crippen LogP contribution in [0.3, 0.4) is 0 Å². The Hall–Kier alpha value is -5.63. The van der Waals surface area contributed by atoms with Crippen molar-refractivity contribution < 1.29 is 40.4 Å². The van der Waals surface area contributed by atoms with E-state index in [2.05, 4.69) is 40.7 Å². The van der Waals surface area contributed by atoms with Crippen LogP contribution in [-0.4, -0.2) is 110 Å². The number of amides is 3. The summed E-state index contributed by atoms with van der Waals surface area (Å²) >= 11 is 0. The van der Waals surface area contributed by atoms with Gasteiger partial charge < -0.3 is 20.4 Å². The summed E-state index contributed by atoms with van der Waals surface area (Å²) in [6.07, 6.45) is 2.32. The predicted octanol–water partition coefficient (Wildman–Crippen LogP) is 4.36. The predicted molar refractivity (Wildman–Crippen MR) is 212 cm³/mol. The van der Waals surface area contributed by atoms with Crippen LogP contribution >= 0.6 is 0 Å². The van der Waals surface area contributed by atoms with Crippen molar-refractivity contribution in [3.63, 3.8) is 0 Å². The van der Waals surface area contributed by atoms with Gasteiger partial charge >= 0.3 is 6.18 Å². The quantitative estimate of drug-likeness (QED) is 0.174. The van der Waals surface area contributed by atoms with Gasteiger partial charge in [0, 0.05) is 87.5 Å². The highest BCUT2D eigenvalue weighted by Gasteiger charge is 2.46. The number of nitrogens with one attached hydrogen (secondary N) is 3. The Morgan fingerprint density at radius 2 is 1.75 bits per heavy atom. The lowest BCUT2D eigenvalue weighted by atomic mass is 9.88. The number of aromatic nitrogens is 3. The van der Waals surface area contributed by atoms with Gasteiger partial charge in [-0.2, -0.15) is 18.2 Å². The van der Waals surface area contributed by atoms with Gasteiger partial charge in [0.15, 0.2) is 0 Å². The SMILES string of the molecule is CN(CC1=CC(F)=C2C(=O)N(C3CCC(=O)NC3=O)CC2C1)C1CCN(c2ccc(Nc3ncc(C(F)(F)F)c(NCc4cccnc4N(C)S(C)(=O)=O)n3)cc2)CC1. The third-order valence-electron chi connectivity index (χ3n) is 11.2. The first-order valence-electron chi connectivity index (χ1n) is 19.1.